The third-order valence-electron chi connectivity index (χ3n) is 3.09. The van der Waals surface area contributed by atoms with Gasteiger partial charge in [-0.2, -0.15) is 5.10 Å². The minimum atomic E-state index is -0.882. The first-order chi connectivity index (χ1) is 8.99. The summed E-state index contributed by atoms with van der Waals surface area (Å²) in [6, 6.07) is 8.95. The zero-order valence-electron chi connectivity index (χ0n) is 10.8. The number of aryl methyl sites for hydroxylation is 2. The number of hydrogen-bond acceptors (Lipinski definition) is 2. The highest BCUT2D eigenvalue weighted by molar-refractivity contribution is 6.31. The van der Waals surface area contributed by atoms with Crippen molar-refractivity contribution >= 4 is 17.6 Å². The molecule has 0 spiro atoms. The molecule has 0 saturated heterocycles. The van der Waals surface area contributed by atoms with Gasteiger partial charge in [0.15, 0.2) is 0 Å². The van der Waals surface area contributed by atoms with Gasteiger partial charge in [-0.15, -0.1) is 0 Å². The number of rotatable bonds is 4. The van der Waals surface area contributed by atoms with Crippen LogP contribution >= 0.6 is 11.6 Å². The molecule has 0 radical (unpaired) electrons. The molecule has 0 aliphatic carbocycles. The van der Waals surface area contributed by atoms with E-state index in [4.69, 9.17) is 11.6 Å². The van der Waals surface area contributed by atoms with Crippen LogP contribution in [-0.4, -0.2) is 20.9 Å². The summed E-state index contributed by atoms with van der Waals surface area (Å²) in [6.45, 7) is 1.88. The molecule has 1 N–H and O–H groups in total. The number of carbonyl (C=O) groups is 1. The third kappa shape index (κ3) is 2.96. The molecule has 5 heteroatoms. The van der Waals surface area contributed by atoms with Crippen molar-refractivity contribution in [2.45, 2.75) is 19.3 Å². The highest BCUT2D eigenvalue weighted by Gasteiger charge is 2.24. The summed E-state index contributed by atoms with van der Waals surface area (Å²) < 4.78 is 1.71. The molecule has 2 aromatic rings. The van der Waals surface area contributed by atoms with Gasteiger partial charge in [-0.3, -0.25) is 9.48 Å². The van der Waals surface area contributed by atoms with Crippen molar-refractivity contribution in [1.82, 2.24) is 9.78 Å². The topological polar surface area (TPSA) is 55.1 Å². The van der Waals surface area contributed by atoms with Crippen molar-refractivity contribution < 1.29 is 9.90 Å². The van der Waals surface area contributed by atoms with Crippen molar-refractivity contribution in [3.8, 4) is 0 Å². The number of hydrogen-bond donors (Lipinski definition) is 1. The van der Waals surface area contributed by atoms with Crippen LogP contribution in [0.3, 0.4) is 0 Å². The van der Waals surface area contributed by atoms with E-state index in [-0.39, 0.29) is 0 Å². The quantitative estimate of drug-likeness (QED) is 0.936. The Kier molecular flexibility index (Phi) is 3.90. The summed E-state index contributed by atoms with van der Waals surface area (Å²) in [5, 5.41) is 14.1. The van der Waals surface area contributed by atoms with Crippen LogP contribution < -0.4 is 0 Å². The van der Waals surface area contributed by atoms with E-state index < -0.39 is 11.9 Å². The molecule has 1 atom stereocenters. The number of carboxylic acid groups (broad SMARTS) is 1. The van der Waals surface area contributed by atoms with Crippen LogP contribution in [0.1, 0.15) is 22.9 Å². The first kappa shape index (κ1) is 13.6. The summed E-state index contributed by atoms with van der Waals surface area (Å²) in [5.41, 5.74) is 2.39. The van der Waals surface area contributed by atoms with E-state index in [9.17, 15) is 9.90 Å². The van der Waals surface area contributed by atoms with E-state index in [1.54, 1.807) is 28.9 Å². The smallest absolute Gasteiger partial charge is 0.311 e. The molecule has 1 heterocycles. The number of aromatic nitrogens is 2. The van der Waals surface area contributed by atoms with Gasteiger partial charge >= 0.3 is 5.97 Å². The summed E-state index contributed by atoms with van der Waals surface area (Å²) in [6.07, 6.45) is 0.371. The van der Waals surface area contributed by atoms with Crippen molar-refractivity contribution in [3.63, 3.8) is 0 Å². The van der Waals surface area contributed by atoms with Gasteiger partial charge in [-0.1, -0.05) is 29.8 Å². The Hall–Kier alpha value is -1.81. The minimum Gasteiger partial charge on any atom is -0.481 e. The molecule has 0 amide bonds. The summed E-state index contributed by atoms with van der Waals surface area (Å²) in [7, 11) is 1.81. The van der Waals surface area contributed by atoms with Gasteiger partial charge in [0.1, 0.15) is 0 Å². The molecule has 0 saturated carbocycles. The maximum atomic E-state index is 11.5. The fourth-order valence-electron chi connectivity index (χ4n) is 2.15. The average Bonchev–Trinajstić information content (AvgIpc) is 2.65. The molecule has 1 aromatic carbocycles. The first-order valence-electron chi connectivity index (χ1n) is 5.95. The van der Waals surface area contributed by atoms with Crippen LogP contribution in [0.2, 0.25) is 5.02 Å². The normalized spacial score (nSPS) is 12.4. The van der Waals surface area contributed by atoms with Crippen LogP contribution in [0.4, 0.5) is 0 Å². The largest absolute Gasteiger partial charge is 0.481 e. The number of nitrogens with zero attached hydrogens (tertiary/aromatic N) is 2. The minimum absolute atomic E-state index is 0.371. The molecule has 0 aliphatic rings. The van der Waals surface area contributed by atoms with Gasteiger partial charge in [-0.05, 0) is 24.6 Å². The Labute approximate surface area is 116 Å². The Morgan fingerprint density at radius 3 is 2.68 bits per heavy atom. The Morgan fingerprint density at radius 2 is 2.16 bits per heavy atom. The zero-order valence-corrected chi connectivity index (χ0v) is 11.6. The lowest BCUT2D eigenvalue weighted by molar-refractivity contribution is -0.138. The fraction of sp³-hybridized carbons (Fsp3) is 0.286. The molecule has 2 rings (SSSR count). The predicted molar refractivity (Wildman–Crippen MR) is 73.5 cm³/mol. The SMILES string of the molecule is Cc1cc(CC(C(=O)O)c2ccccc2Cl)n(C)n1. The second kappa shape index (κ2) is 5.45. The third-order valence-corrected chi connectivity index (χ3v) is 3.44. The number of aliphatic carboxylic acids is 1. The second-order valence-electron chi connectivity index (χ2n) is 4.52. The van der Waals surface area contributed by atoms with Crippen molar-refractivity contribution in [1.29, 1.82) is 0 Å². The lowest BCUT2D eigenvalue weighted by Gasteiger charge is -2.14. The predicted octanol–water partition coefficient (Wildman–Crippen LogP) is 2.79. The average molecular weight is 279 g/mol. The molecule has 100 valence electrons. The van der Waals surface area contributed by atoms with E-state index in [1.807, 2.05) is 20.0 Å². The van der Waals surface area contributed by atoms with Gasteiger partial charge < -0.3 is 5.11 Å². The number of benzene rings is 1. The van der Waals surface area contributed by atoms with E-state index in [2.05, 4.69) is 5.10 Å². The molecule has 19 heavy (non-hydrogen) atoms. The van der Waals surface area contributed by atoms with Gasteiger partial charge in [0, 0.05) is 24.2 Å². The first-order valence-corrected chi connectivity index (χ1v) is 6.33. The van der Waals surface area contributed by atoms with Crippen LogP contribution in [-0.2, 0) is 18.3 Å². The second-order valence-corrected chi connectivity index (χ2v) is 4.92. The van der Waals surface area contributed by atoms with Crippen molar-refractivity contribution in [2.75, 3.05) is 0 Å². The van der Waals surface area contributed by atoms with E-state index in [0.29, 0.717) is 17.0 Å². The van der Waals surface area contributed by atoms with E-state index in [1.165, 1.54) is 0 Å². The maximum absolute atomic E-state index is 11.5. The van der Waals surface area contributed by atoms with Gasteiger partial charge in [0.25, 0.3) is 0 Å². The lowest BCUT2D eigenvalue weighted by atomic mass is 9.94. The monoisotopic (exact) mass is 278 g/mol. The Balaban J connectivity index is 2.35. The highest BCUT2D eigenvalue weighted by atomic mass is 35.5. The Morgan fingerprint density at radius 1 is 1.47 bits per heavy atom. The van der Waals surface area contributed by atoms with Gasteiger partial charge in [0.05, 0.1) is 11.6 Å². The summed E-state index contributed by atoms with van der Waals surface area (Å²) in [4.78, 5) is 11.5. The number of halogens is 1. The summed E-state index contributed by atoms with van der Waals surface area (Å²) >= 11 is 6.09. The van der Waals surface area contributed by atoms with Gasteiger partial charge in [-0.25, -0.2) is 0 Å². The van der Waals surface area contributed by atoms with Gasteiger partial charge in [0.2, 0.25) is 0 Å². The molecule has 0 bridgehead atoms. The van der Waals surface area contributed by atoms with E-state index in [0.717, 1.165) is 11.4 Å². The molecular weight excluding hydrogens is 264 g/mol. The molecule has 4 nitrogen and oxygen atoms in total. The van der Waals surface area contributed by atoms with Crippen LogP contribution in [0.25, 0.3) is 0 Å². The fourth-order valence-corrected chi connectivity index (χ4v) is 2.42. The molecule has 1 unspecified atom stereocenters. The Bertz CT molecular complexity index is 607. The molecule has 1 aromatic heterocycles. The van der Waals surface area contributed by atoms with Crippen molar-refractivity contribution in [3.05, 3.63) is 52.3 Å². The van der Waals surface area contributed by atoms with Crippen LogP contribution in [0.5, 0.6) is 0 Å². The summed E-state index contributed by atoms with van der Waals surface area (Å²) in [5.74, 6) is -1.55. The van der Waals surface area contributed by atoms with Crippen molar-refractivity contribution in [2.24, 2.45) is 7.05 Å². The van der Waals surface area contributed by atoms with Crippen LogP contribution in [0, 0.1) is 6.92 Å². The number of carboxylic acids is 1. The zero-order chi connectivity index (χ0) is 14.0. The van der Waals surface area contributed by atoms with E-state index >= 15 is 0 Å². The lowest BCUT2D eigenvalue weighted by Crippen LogP contribution is -2.16. The maximum Gasteiger partial charge on any atom is 0.311 e. The molecular formula is C14H15ClN2O2. The van der Waals surface area contributed by atoms with Crippen LogP contribution in [0.15, 0.2) is 30.3 Å². The molecule has 0 fully saturated rings. The highest BCUT2D eigenvalue weighted by Crippen LogP contribution is 2.27. The standard InChI is InChI=1S/C14H15ClN2O2/c1-9-7-10(17(2)16-9)8-12(14(18)19)11-5-3-4-6-13(11)15/h3-7,12H,8H2,1-2H3,(H,18,19). The molecule has 0 aliphatic heterocycles.